The number of hydrogen-bond acceptors (Lipinski definition) is 0. The second-order valence-electron chi connectivity index (χ2n) is 5.63. The van der Waals surface area contributed by atoms with Gasteiger partial charge in [-0.15, -0.1) is 0 Å². The molecule has 0 saturated heterocycles. The van der Waals surface area contributed by atoms with E-state index in [0.29, 0.717) is 0 Å². The van der Waals surface area contributed by atoms with Gasteiger partial charge in [-0.1, -0.05) is 98.6 Å². The smallest absolute Gasteiger partial charge is 0.0795 e. The lowest BCUT2D eigenvalue weighted by Gasteiger charge is -2.25. The number of hydrogen-bond donors (Lipinski definition) is 0. The fourth-order valence-electron chi connectivity index (χ4n) is 3.19. The quantitative estimate of drug-likeness (QED) is 0.466. The standard InChI is InChI=1S/C20H14Br2/c21-20(22)12-11-17-15(13-20)7-4-10-19(17)18-9-3-6-14-5-1-2-8-16(14)18/h1-9,11-13H,10H2. The minimum absolute atomic E-state index is 0.232. The number of rotatable bonds is 1. The van der Waals surface area contributed by atoms with E-state index in [1.807, 2.05) is 0 Å². The Kier molecular flexibility index (Phi) is 3.47. The van der Waals surface area contributed by atoms with Crippen LogP contribution in [-0.4, -0.2) is 3.23 Å². The Labute approximate surface area is 147 Å². The number of fused-ring (bicyclic) bond motifs is 2. The Balaban J connectivity index is 1.96. The van der Waals surface area contributed by atoms with Gasteiger partial charge in [0.1, 0.15) is 3.23 Å². The minimum Gasteiger partial charge on any atom is -0.0795 e. The van der Waals surface area contributed by atoms with Gasteiger partial charge in [-0.2, -0.15) is 0 Å². The van der Waals surface area contributed by atoms with Crippen molar-refractivity contribution in [3.63, 3.8) is 0 Å². The van der Waals surface area contributed by atoms with Crippen molar-refractivity contribution in [2.24, 2.45) is 0 Å². The molecule has 0 unspecified atom stereocenters. The van der Waals surface area contributed by atoms with E-state index in [9.17, 15) is 0 Å². The van der Waals surface area contributed by atoms with Gasteiger partial charge in [-0.05, 0) is 45.6 Å². The second kappa shape index (κ2) is 5.36. The van der Waals surface area contributed by atoms with Crippen molar-refractivity contribution >= 4 is 48.2 Å². The molecule has 0 aromatic heterocycles. The maximum absolute atomic E-state index is 3.67. The van der Waals surface area contributed by atoms with Crippen LogP contribution in [-0.2, 0) is 0 Å². The first-order valence-corrected chi connectivity index (χ1v) is 8.91. The van der Waals surface area contributed by atoms with Gasteiger partial charge in [0.15, 0.2) is 0 Å². The van der Waals surface area contributed by atoms with Crippen LogP contribution in [0, 0.1) is 0 Å². The molecule has 0 heterocycles. The van der Waals surface area contributed by atoms with Crippen LogP contribution in [0.5, 0.6) is 0 Å². The first-order valence-electron chi connectivity index (χ1n) is 7.32. The molecular formula is C20H14Br2. The van der Waals surface area contributed by atoms with Crippen LogP contribution in [0.3, 0.4) is 0 Å². The van der Waals surface area contributed by atoms with E-state index in [-0.39, 0.29) is 3.23 Å². The maximum Gasteiger partial charge on any atom is 0.118 e. The maximum atomic E-state index is 3.67. The van der Waals surface area contributed by atoms with E-state index in [2.05, 4.69) is 105 Å². The first-order chi connectivity index (χ1) is 10.6. The summed E-state index contributed by atoms with van der Waals surface area (Å²) < 4.78 is -0.232. The zero-order chi connectivity index (χ0) is 15.2. The SMILES string of the molecule is BrC1(Br)C=CC2=C(c3cccc4ccccc34)CC=CC2=C1. The van der Waals surface area contributed by atoms with Crippen LogP contribution in [0.15, 0.2) is 84.0 Å². The van der Waals surface area contributed by atoms with E-state index < -0.39 is 0 Å². The minimum atomic E-state index is -0.232. The van der Waals surface area contributed by atoms with E-state index in [1.54, 1.807) is 0 Å². The summed E-state index contributed by atoms with van der Waals surface area (Å²) in [7, 11) is 0. The summed E-state index contributed by atoms with van der Waals surface area (Å²) in [5.74, 6) is 0. The van der Waals surface area contributed by atoms with Crippen molar-refractivity contribution in [2.75, 3.05) is 0 Å². The van der Waals surface area contributed by atoms with Crippen LogP contribution in [0.4, 0.5) is 0 Å². The van der Waals surface area contributed by atoms with Crippen LogP contribution in [0.2, 0.25) is 0 Å². The molecule has 2 aromatic carbocycles. The lowest BCUT2D eigenvalue weighted by molar-refractivity contribution is 1.23. The molecule has 2 aliphatic rings. The van der Waals surface area contributed by atoms with Gasteiger partial charge < -0.3 is 0 Å². The van der Waals surface area contributed by atoms with Gasteiger partial charge in [0, 0.05) is 0 Å². The molecule has 108 valence electrons. The number of halogens is 2. The van der Waals surface area contributed by atoms with Crippen LogP contribution in [0.25, 0.3) is 16.3 Å². The molecule has 0 atom stereocenters. The molecular weight excluding hydrogens is 400 g/mol. The summed E-state index contributed by atoms with van der Waals surface area (Å²) in [5.41, 5.74) is 5.33. The first kappa shape index (κ1) is 14.2. The fourth-order valence-corrected chi connectivity index (χ4v) is 3.95. The summed E-state index contributed by atoms with van der Waals surface area (Å²) >= 11 is 7.33. The largest absolute Gasteiger partial charge is 0.118 e. The highest BCUT2D eigenvalue weighted by atomic mass is 79.9. The molecule has 2 aromatic rings. The Morgan fingerprint density at radius 1 is 0.909 bits per heavy atom. The fraction of sp³-hybridized carbons (Fsp3) is 0.100. The molecule has 22 heavy (non-hydrogen) atoms. The highest BCUT2D eigenvalue weighted by Gasteiger charge is 2.24. The third kappa shape index (κ3) is 2.45. The van der Waals surface area contributed by atoms with Crippen molar-refractivity contribution in [3.8, 4) is 0 Å². The monoisotopic (exact) mass is 412 g/mol. The highest BCUT2D eigenvalue weighted by molar-refractivity contribution is 9.25. The average Bonchev–Trinajstić information content (AvgIpc) is 2.52. The molecule has 0 nitrogen and oxygen atoms in total. The molecule has 0 radical (unpaired) electrons. The van der Waals surface area contributed by atoms with Crippen molar-refractivity contribution in [1.82, 2.24) is 0 Å². The Hall–Kier alpha value is -1.38. The van der Waals surface area contributed by atoms with E-state index >= 15 is 0 Å². The lowest BCUT2D eigenvalue weighted by Crippen LogP contribution is -2.10. The molecule has 0 saturated carbocycles. The van der Waals surface area contributed by atoms with Crippen LogP contribution < -0.4 is 0 Å². The Morgan fingerprint density at radius 2 is 1.73 bits per heavy atom. The summed E-state index contributed by atoms with van der Waals surface area (Å²) in [6.45, 7) is 0. The highest BCUT2D eigenvalue weighted by Crippen LogP contribution is 2.42. The van der Waals surface area contributed by atoms with E-state index in [0.717, 1.165) is 6.42 Å². The summed E-state index contributed by atoms with van der Waals surface area (Å²) in [6, 6.07) is 15.2. The van der Waals surface area contributed by atoms with Gasteiger partial charge >= 0.3 is 0 Å². The summed E-state index contributed by atoms with van der Waals surface area (Å²) in [6.07, 6.45) is 12.0. The molecule has 0 fully saturated rings. The zero-order valence-electron chi connectivity index (χ0n) is 11.9. The normalized spacial score (nSPS) is 19.3. The van der Waals surface area contributed by atoms with Gasteiger partial charge in [0.25, 0.3) is 0 Å². The molecule has 4 rings (SSSR count). The molecule has 0 bridgehead atoms. The van der Waals surface area contributed by atoms with Crippen molar-refractivity contribution in [2.45, 2.75) is 9.65 Å². The summed E-state index contributed by atoms with van der Waals surface area (Å²) in [5, 5.41) is 2.62. The molecule has 0 N–H and O–H groups in total. The van der Waals surface area contributed by atoms with Crippen molar-refractivity contribution in [1.29, 1.82) is 0 Å². The van der Waals surface area contributed by atoms with Gasteiger partial charge in [-0.25, -0.2) is 0 Å². The third-order valence-corrected chi connectivity index (χ3v) is 5.18. The van der Waals surface area contributed by atoms with Gasteiger partial charge in [-0.3, -0.25) is 0 Å². The van der Waals surface area contributed by atoms with Crippen LogP contribution >= 0.6 is 31.9 Å². The van der Waals surface area contributed by atoms with E-state index in [1.165, 1.54) is 33.1 Å². The average molecular weight is 414 g/mol. The van der Waals surface area contributed by atoms with Crippen molar-refractivity contribution in [3.05, 3.63) is 89.6 Å². The van der Waals surface area contributed by atoms with E-state index in [4.69, 9.17) is 0 Å². The topological polar surface area (TPSA) is 0 Å². The van der Waals surface area contributed by atoms with Crippen molar-refractivity contribution < 1.29 is 0 Å². The second-order valence-corrected chi connectivity index (χ2v) is 9.32. The molecule has 0 spiro atoms. The third-order valence-electron chi connectivity index (χ3n) is 4.19. The van der Waals surface area contributed by atoms with Crippen LogP contribution in [0.1, 0.15) is 12.0 Å². The molecule has 2 heteroatoms. The van der Waals surface area contributed by atoms with Gasteiger partial charge in [0.2, 0.25) is 0 Å². The number of alkyl halides is 2. The molecule has 0 amide bonds. The Morgan fingerprint density at radius 3 is 2.64 bits per heavy atom. The number of benzene rings is 2. The lowest BCUT2D eigenvalue weighted by atomic mass is 9.84. The molecule has 0 aliphatic heterocycles. The van der Waals surface area contributed by atoms with Gasteiger partial charge in [0.05, 0.1) is 0 Å². The zero-order valence-corrected chi connectivity index (χ0v) is 15.1. The summed E-state index contributed by atoms with van der Waals surface area (Å²) in [4.78, 5) is 0. The number of allylic oxidation sites excluding steroid dienone is 8. The predicted molar refractivity (Wildman–Crippen MR) is 102 cm³/mol. The Bertz CT molecular complexity index is 874. The molecule has 2 aliphatic carbocycles. The predicted octanol–water partition coefficient (Wildman–Crippen LogP) is 6.54.